The molecule has 2 amide bonds. The van der Waals surface area contributed by atoms with Crippen LogP contribution in [0, 0.1) is 6.92 Å². The van der Waals surface area contributed by atoms with Gasteiger partial charge in [0.25, 0.3) is 0 Å². The zero-order valence-electron chi connectivity index (χ0n) is 14.4. The van der Waals surface area contributed by atoms with E-state index in [2.05, 4.69) is 0 Å². The summed E-state index contributed by atoms with van der Waals surface area (Å²) in [6, 6.07) is 13.9. The van der Waals surface area contributed by atoms with E-state index in [1.165, 1.54) is 6.07 Å². The van der Waals surface area contributed by atoms with Gasteiger partial charge in [-0.25, -0.2) is 4.79 Å². The highest BCUT2D eigenvalue weighted by Crippen LogP contribution is 2.23. The molecule has 0 aromatic heterocycles. The van der Waals surface area contributed by atoms with Crippen LogP contribution in [0.2, 0.25) is 0 Å². The summed E-state index contributed by atoms with van der Waals surface area (Å²) in [6.45, 7) is 2.30. The Kier molecular flexibility index (Phi) is 5.31. The number of rotatable bonds is 6. The molecule has 2 aromatic rings. The number of benzene rings is 2. The Morgan fingerprint density at radius 3 is 2.46 bits per heavy atom. The minimum Gasteiger partial charge on any atom is -0.490 e. The molecule has 0 spiro atoms. The molecule has 0 unspecified atom stereocenters. The smallest absolute Gasteiger partial charge is 0.338 e. The van der Waals surface area contributed by atoms with Gasteiger partial charge in [0.15, 0.2) is 0 Å². The molecule has 3 rings (SSSR count). The maximum Gasteiger partial charge on any atom is 0.338 e. The summed E-state index contributed by atoms with van der Waals surface area (Å²) in [5.41, 5.74) is 1.76. The molecule has 0 aliphatic carbocycles. The van der Waals surface area contributed by atoms with Crippen LogP contribution in [0.25, 0.3) is 0 Å². The summed E-state index contributed by atoms with van der Waals surface area (Å²) < 4.78 is 10.7. The first-order chi connectivity index (χ1) is 12.5. The van der Waals surface area contributed by atoms with E-state index in [9.17, 15) is 14.4 Å². The van der Waals surface area contributed by atoms with Crippen LogP contribution in [-0.4, -0.2) is 31.0 Å². The second-order valence-electron chi connectivity index (χ2n) is 5.97. The van der Waals surface area contributed by atoms with Crippen LogP contribution >= 0.6 is 0 Å². The van der Waals surface area contributed by atoms with Crippen molar-refractivity contribution in [2.75, 3.05) is 18.1 Å². The first-order valence-electron chi connectivity index (χ1n) is 8.37. The van der Waals surface area contributed by atoms with Crippen molar-refractivity contribution in [2.24, 2.45) is 0 Å². The van der Waals surface area contributed by atoms with Gasteiger partial charge >= 0.3 is 5.97 Å². The summed E-state index contributed by atoms with van der Waals surface area (Å²) in [5, 5.41) is 0. The SMILES string of the molecule is Cc1cccc(OCCOC(=O)c2cccc(N3C(=O)CCC3=O)c2)c1. The Morgan fingerprint density at radius 2 is 1.73 bits per heavy atom. The minimum absolute atomic E-state index is 0.0958. The normalized spacial score (nSPS) is 13.8. The van der Waals surface area contributed by atoms with Crippen molar-refractivity contribution in [1.82, 2.24) is 0 Å². The van der Waals surface area contributed by atoms with Crippen LogP contribution in [0.4, 0.5) is 5.69 Å². The first kappa shape index (κ1) is 17.7. The summed E-state index contributed by atoms with van der Waals surface area (Å²) in [5.74, 6) is -0.327. The highest BCUT2D eigenvalue weighted by atomic mass is 16.6. The molecule has 0 saturated carbocycles. The highest BCUT2D eigenvalue weighted by Gasteiger charge is 2.30. The number of ether oxygens (including phenoxy) is 2. The Balaban J connectivity index is 1.56. The standard InChI is InChI=1S/C20H19NO5/c1-14-4-2-7-17(12-14)25-10-11-26-20(24)15-5-3-6-16(13-15)21-18(22)8-9-19(21)23/h2-7,12-13H,8-11H2,1H3. The molecule has 1 saturated heterocycles. The zero-order valence-corrected chi connectivity index (χ0v) is 14.4. The Morgan fingerprint density at radius 1 is 1.00 bits per heavy atom. The summed E-state index contributed by atoms with van der Waals surface area (Å²) in [4.78, 5) is 36.9. The second kappa shape index (κ2) is 7.82. The highest BCUT2D eigenvalue weighted by molar-refractivity contribution is 6.20. The van der Waals surface area contributed by atoms with Crippen LogP contribution in [0.1, 0.15) is 28.8 Å². The molecule has 6 nitrogen and oxygen atoms in total. The second-order valence-corrected chi connectivity index (χ2v) is 5.97. The van der Waals surface area contributed by atoms with Gasteiger partial charge in [-0.2, -0.15) is 0 Å². The predicted octanol–water partition coefficient (Wildman–Crippen LogP) is 2.88. The maximum atomic E-state index is 12.2. The molecule has 26 heavy (non-hydrogen) atoms. The van der Waals surface area contributed by atoms with Crippen molar-refractivity contribution in [3.8, 4) is 5.75 Å². The number of esters is 1. The van der Waals surface area contributed by atoms with E-state index < -0.39 is 5.97 Å². The number of hydrogen-bond donors (Lipinski definition) is 0. The fourth-order valence-electron chi connectivity index (χ4n) is 2.72. The van der Waals surface area contributed by atoms with E-state index in [1.807, 2.05) is 31.2 Å². The van der Waals surface area contributed by atoms with Gasteiger partial charge in [0.2, 0.25) is 11.8 Å². The molecule has 134 valence electrons. The van der Waals surface area contributed by atoms with Crippen LogP contribution in [0.15, 0.2) is 48.5 Å². The molecular formula is C20H19NO5. The van der Waals surface area contributed by atoms with E-state index in [0.29, 0.717) is 11.4 Å². The molecular weight excluding hydrogens is 334 g/mol. The van der Waals surface area contributed by atoms with E-state index in [4.69, 9.17) is 9.47 Å². The quantitative estimate of drug-likeness (QED) is 0.454. The van der Waals surface area contributed by atoms with Crippen molar-refractivity contribution in [3.05, 3.63) is 59.7 Å². The van der Waals surface area contributed by atoms with Gasteiger partial charge in [-0.3, -0.25) is 14.5 Å². The van der Waals surface area contributed by atoms with Gasteiger partial charge in [-0.05, 0) is 42.8 Å². The fraction of sp³-hybridized carbons (Fsp3) is 0.250. The molecule has 1 fully saturated rings. The molecule has 2 aromatic carbocycles. The molecule has 0 bridgehead atoms. The van der Waals surface area contributed by atoms with Crippen LogP contribution in [0.5, 0.6) is 5.75 Å². The third-order valence-corrected chi connectivity index (χ3v) is 3.97. The Bertz CT molecular complexity index is 830. The number of anilines is 1. The maximum absolute atomic E-state index is 12.2. The van der Waals surface area contributed by atoms with Crippen LogP contribution in [0.3, 0.4) is 0 Å². The van der Waals surface area contributed by atoms with Crippen molar-refractivity contribution in [2.45, 2.75) is 19.8 Å². The lowest BCUT2D eigenvalue weighted by Gasteiger charge is -2.14. The van der Waals surface area contributed by atoms with Crippen molar-refractivity contribution in [3.63, 3.8) is 0 Å². The molecule has 1 aliphatic heterocycles. The fourth-order valence-corrected chi connectivity index (χ4v) is 2.72. The van der Waals surface area contributed by atoms with Crippen LogP contribution < -0.4 is 9.64 Å². The summed E-state index contributed by atoms with van der Waals surface area (Å²) >= 11 is 0. The molecule has 0 atom stereocenters. The number of carbonyl (C=O) groups excluding carboxylic acids is 3. The lowest BCUT2D eigenvalue weighted by molar-refractivity contribution is -0.121. The molecule has 0 radical (unpaired) electrons. The predicted molar refractivity (Wildman–Crippen MR) is 95.1 cm³/mol. The Labute approximate surface area is 151 Å². The van der Waals surface area contributed by atoms with Gasteiger partial charge in [0, 0.05) is 12.8 Å². The third-order valence-electron chi connectivity index (χ3n) is 3.97. The number of hydrogen-bond acceptors (Lipinski definition) is 5. The average molecular weight is 353 g/mol. The number of amides is 2. The third kappa shape index (κ3) is 4.08. The van der Waals surface area contributed by atoms with E-state index in [-0.39, 0.29) is 43.4 Å². The number of imide groups is 1. The Hall–Kier alpha value is -3.15. The first-order valence-corrected chi connectivity index (χ1v) is 8.37. The van der Waals surface area contributed by atoms with Gasteiger partial charge in [-0.1, -0.05) is 18.2 Å². The molecule has 1 heterocycles. The van der Waals surface area contributed by atoms with Crippen molar-refractivity contribution in [1.29, 1.82) is 0 Å². The van der Waals surface area contributed by atoms with Gasteiger partial charge in [0.1, 0.15) is 19.0 Å². The molecule has 6 heteroatoms. The number of carbonyl (C=O) groups is 3. The number of aryl methyl sites for hydroxylation is 1. The van der Waals surface area contributed by atoms with E-state index in [1.54, 1.807) is 18.2 Å². The van der Waals surface area contributed by atoms with Crippen molar-refractivity contribution >= 4 is 23.5 Å². The van der Waals surface area contributed by atoms with Gasteiger partial charge < -0.3 is 9.47 Å². The average Bonchev–Trinajstić information content (AvgIpc) is 2.97. The summed E-state index contributed by atoms with van der Waals surface area (Å²) in [6.07, 6.45) is 0.396. The van der Waals surface area contributed by atoms with E-state index in [0.717, 1.165) is 10.5 Å². The van der Waals surface area contributed by atoms with Crippen molar-refractivity contribution < 1.29 is 23.9 Å². The topological polar surface area (TPSA) is 72.9 Å². The monoisotopic (exact) mass is 353 g/mol. The van der Waals surface area contributed by atoms with E-state index >= 15 is 0 Å². The largest absolute Gasteiger partial charge is 0.490 e. The molecule has 1 aliphatic rings. The zero-order chi connectivity index (χ0) is 18.5. The minimum atomic E-state index is -0.529. The molecule has 0 N–H and O–H groups in total. The lowest BCUT2D eigenvalue weighted by Crippen LogP contribution is -2.28. The van der Waals surface area contributed by atoms with Crippen LogP contribution in [-0.2, 0) is 14.3 Å². The van der Waals surface area contributed by atoms with Gasteiger partial charge in [-0.15, -0.1) is 0 Å². The summed E-state index contributed by atoms with van der Waals surface area (Å²) in [7, 11) is 0. The van der Waals surface area contributed by atoms with Gasteiger partial charge in [0.05, 0.1) is 11.3 Å². The number of nitrogens with zero attached hydrogens (tertiary/aromatic N) is 1. The lowest BCUT2D eigenvalue weighted by atomic mass is 10.2.